The average Bonchev–Trinajstić information content (AvgIpc) is 2.30. The van der Waals surface area contributed by atoms with Crippen molar-refractivity contribution in [3.8, 4) is 12.1 Å². The summed E-state index contributed by atoms with van der Waals surface area (Å²) in [5.41, 5.74) is 0.844. The average molecular weight is 291 g/mol. The summed E-state index contributed by atoms with van der Waals surface area (Å²) < 4.78 is 0.924. The van der Waals surface area contributed by atoms with Crippen LogP contribution in [0.15, 0.2) is 28.7 Å². The molecule has 0 amide bonds. The molecule has 0 saturated carbocycles. The molecule has 86 valence electrons. The predicted molar refractivity (Wildman–Crippen MR) is 66.9 cm³/mol. The maximum Gasteiger partial charge on any atom is 0.140 e. The normalized spacial score (nSPS) is 11.6. The number of nitrogens with zero attached hydrogens (tertiary/aromatic N) is 2. The molecule has 1 rings (SSSR count). The second-order valence-electron chi connectivity index (χ2n) is 3.80. The van der Waals surface area contributed by atoms with E-state index in [0.29, 0.717) is 0 Å². The van der Waals surface area contributed by atoms with Crippen molar-refractivity contribution >= 4 is 21.7 Å². The Morgan fingerprint density at radius 2 is 1.82 bits per heavy atom. The van der Waals surface area contributed by atoms with E-state index in [4.69, 9.17) is 10.5 Å². The van der Waals surface area contributed by atoms with Crippen LogP contribution in [0, 0.1) is 28.6 Å². The highest BCUT2D eigenvalue weighted by atomic mass is 79.9. The van der Waals surface area contributed by atoms with Crippen LogP contribution in [0.1, 0.15) is 24.8 Å². The van der Waals surface area contributed by atoms with Crippen LogP contribution >= 0.6 is 15.9 Å². The molecule has 3 nitrogen and oxygen atoms in total. The molecule has 1 atom stereocenters. The molecule has 0 radical (unpaired) electrons. The summed E-state index contributed by atoms with van der Waals surface area (Å²) in [5.74, 6) is -1.16. The van der Waals surface area contributed by atoms with Gasteiger partial charge in [0, 0.05) is 16.8 Å². The summed E-state index contributed by atoms with van der Waals surface area (Å²) >= 11 is 3.32. The zero-order chi connectivity index (χ0) is 12.8. The molecule has 4 heteroatoms. The summed E-state index contributed by atoms with van der Waals surface area (Å²) in [5, 5.41) is 17.9. The Labute approximate surface area is 109 Å². The Balaban J connectivity index is 3.06. The van der Waals surface area contributed by atoms with Gasteiger partial charge in [0.25, 0.3) is 0 Å². The first-order valence-electron chi connectivity index (χ1n) is 5.12. The fourth-order valence-electron chi connectivity index (χ4n) is 1.66. The number of Topliss-reactive ketones (excluding diaryl/α,β-unsaturated/α-hetero) is 1. The highest BCUT2D eigenvalue weighted by Gasteiger charge is 2.24. The van der Waals surface area contributed by atoms with E-state index in [1.165, 1.54) is 6.92 Å². The number of benzene rings is 1. The van der Waals surface area contributed by atoms with Gasteiger partial charge in [0.1, 0.15) is 11.7 Å². The SMILES string of the molecule is CC(=O)CC(c1ccc(Br)cc1)C(C#N)C#N. The van der Waals surface area contributed by atoms with Crippen LogP contribution in [-0.4, -0.2) is 5.78 Å². The van der Waals surface area contributed by atoms with E-state index in [9.17, 15) is 4.79 Å². The maximum atomic E-state index is 11.2. The standard InChI is InChI=1S/C13H11BrN2O/c1-9(17)6-13(11(7-15)8-16)10-2-4-12(14)5-3-10/h2-5,11,13H,6H2,1H3. The van der Waals surface area contributed by atoms with Gasteiger partial charge in [-0.05, 0) is 24.6 Å². The van der Waals surface area contributed by atoms with Crippen LogP contribution in [0.4, 0.5) is 0 Å². The van der Waals surface area contributed by atoms with Gasteiger partial charge in [-0.15, -0.1) is 0 Å². The van der Waals surface area contributed by atoms with Crippen LogP contribution in [0.3, 0.4) is 0 Å². The van der Waals surface area contributed by atoms with Gasteiger partial charge in [0.15, 0.2) is 0 Å². The molecule has 1 aromatic carbocycles. The number of halogens is 1. The van der Waals surface area contributed by atoms with Crippen molar-refractivity contribution in [2.24, 2.45) is 5.92 Å². The van der Waals surface area contributed by atoms with E-state index in [-0.39, 0.29) is 18.1 Å². The largest absolute Gasteiger partial charge is 0.300 e. The fourth-order valence-corrected chi connectivity index (χ4v) is 1.92. The first kappa shape index (κ1) is 13.4. The number of ketones is 1. The first-order valence-corrected chi connectivity index (χ1v) is 5.92. The van der Waals surface area contributed by atoms with Gasteiger partial charge < -0.3 is 4.79 Å². The van der Waals surface area contributed by atoms with Gasteiger partial charge in [-0.3, -0.25) is 0 Å². The summed E-state index contributed by atoms with van der Waals surface area (Å²) in [6, 6.07) is 11.2. The Morgan fingerprint density at radius 3 is 2.24 bits per heavy atom. The van der Waals surface area contributed by atoms with Crippen molar-refractivity contribution < 1.29 is 4.79 Å². The van der Waals surface area contributed by atoms with Crippen molar-refractivity contribution in [3.05, 3.63) is 34.3 Å². The van der Waals surface area contributed by atoms with E-state index in [2.05, 4.69) is 15.9 Å². The third kappa shape index (κ3) is 3.69. The molecule has 0 aliphatic heterocycles. The molecule has 0 aromatic heterocycles. The summed E-state index contributed by atoms with van der Waals surface area (Å²) in [4.78, 5) is 11.2. The lowest BCUT2D eigenvalue weighted by Gasteiger charge is -2.16. The van der Waals surface area contributed by atoms with E-state index in [1.54, 1.807) is 0 Å². The molecule has 0 N–H and O–H groups in total. The third-order valence-electron chi connectivity index (χ3n) is 2.49. The number of carbonyl (C=O) groups is 1. The molecule has 1 unspecified atom stereocenters. The number of rotatable bonds is 4. The highest BCUT2D eigenvalue weighted by Crippen LogP contribution is 2.29. The summed E-state index contributed by atoms with van der Waals surface area (Å²) in [6.45, 7) is 1.47. The lowest BCUT2D eigenvalue weighted by atomic mass is 9.84. The Morgan fingerprint density at radius 1 is 1.29 bits per heavy atom. The topological polar surface area (TPSA) is 64.7 Å². The molecular weight excluding hydrogens is 280 g/mol. The summed E-state index contributed by atoms with van der Waals surface area (Å²) in [6.07, 6.45) is 0.216. The van der Waals surface area contributed by atoms with E-state index >= 15 is 0 Å². The van der Waals surface area contributed by atoms with Crippen LogP contribution < -0.4 is 0 Å². The number of hydrogen-bond donors (Lipinski definition) is 0. The second-order valence-corrected chi connectivity index (χ2v) is 4.72. The second kappa shape index (κ2) is 6.18. The quantitative estimate of drug-likeness (QED) is 0.855. The fraction of sp³-hybridized carbons (Fsp3) is 0.308. The van der Waals surface area contributed by atoms with Crippen molar-refractivity contribution in [1.82, 2.24) is 0 Å². The van der Waals surface area contributed by atoms with Crippen molar-refractivity contribution in [3.63, 3.8) is 0 Å². The molecule has 1 aromatic rings. The van der Waals surface area contributed by atoms with Crippen molar-refractivity contribution in [2.75, 3.05) is 0 Å². The first-order chi connectivity index (χ1) is 8.08. The highest BCUT2D eigenvalue weighted by molar-refractivity contribution is 9.10. The lowest BCUT2D eigenvalue weighted by molar-refractivity contribution is -0.117. The van der Waals surface area contributed by atoms with Gasteiger partial charge in [0.05, 0.1) is 12.1 Å². The summed E-state index contributed by atoms with van der Waals surface area (Å²) in [7, 11) is 0. The lowest BCUT2D eigenvalue weighted by Crippen LogP contribution is -2.13. The van der Waals surface area contributed by atoms with Crippen LogP contribution in [0.2, 0.25) is 0 Å². The van der Waals surface area contributed by atoms with Crippen LogP contribution in [0.5, 0.6) is 0 Å². The maximum absolute atomic E-state index is 11.2. The van der Waals surface area contributed by atoms with Crippen LogP contribution in [0.25, 0.3) is 0 Å². The zero-order valence-electron chi connectivity index (χ0n) is 9.35. The van der Waals surface area contributed by atoms with Crippen molar-refractivity contribution in [1.29, 1.82) is 10.5 Å². The molecular formula is C13H11BrN2O. The van der Waals surface area contributed by atoms with E-state index in [1.807, 2.05) is 36.4 Å². The molecule has 0 spiro atoms. The van der Waals surface area contributed by atoms with Gasteiger partial charge in [-0.25, -0.2) is 0 Å². The van der Waals surface area contributed by atoms with E-state index < -0.39 is 5.92 Å². The minimum absolute atomic E-state index is 0.0200. The van der Waals surface area contributed by atoms with Gasteiger partial charge in [-0.2, -0.15) is 10.5 Å². The number of carbonyl (C=O) groups excluding carboxylic acids is 1. The van der Waals surface area contributed by atoms with Gasteiger partial charge in [-0.1, -0.05) is 28.1 Å². The molecule has 0 aliphatic rings. The molecule has 0 bridgehead atoms. The van der Waals surface area contributed by atoms with E-state index in [0.717, 1.165) is 10.0 Å². The molecule has 17 heavy (non-hydrogen) atoms. The van der Waals surface area contributed by atoms with Crippen molar-refractivity contribution in [2.45, 2.75) is 19.3 Å². The van der Waals surface area contributed by atoms with Gasteiger partial charge in [0.2, 0.25) is 0 Å². The number of nitriles is 2. The molecule has 0 fully saturated rings. The zero-order valence-corrected chi connectivity index (χ0v) is 10.9. The molecule has 0 heterocycles. The minimum atomic E-state index is -0.792. The third-order valence-corrected chi connectivity index (χ3v) is 3.01. The Kier molecular flexibility index (Phi) is 4.87. The monoisotopic (exact) mass is 290 g/mol. The predicted octanol–water partition coefficient (Wildman–Crippen LogP) is 3.18. The minimum Gasteiger partial charge on any atom is -0.300 e. The van der Waals surface area contributed by atoms with Gasteiger partial charge >= 0.3 is 0 Å². The smallest absolute Gasteiger partial charge is 0.140 e. The Bertz CT molecular complexity index is 468. The van der Waals surface area contributed by atoms with Crippen LogP contribution in [-0.2, 0) is 4.79 Å². The number of hydrogen-bond acceptors (Lipinski definition) is 3. The molecule has 0 saturated heterocycles. The Hall–Kier alpha value is -1.65. The molecule has 0 aliphatic carbocycles.